The first-order valence-corrected chi connectivity index (χ1v) is 7.31. The van der Waals surface area contributed by atoms with Gasteiger partial charge in [0, 0.05) is 18.4 Å². The number of benzene rings is 2. The fraction of sp³-hybridized carbons (Fsp3) is 0.176. The van der Waals surface area contributed by atoms with Gasteiger partial charge in [-0.15, -0.1) is 0 Å². The number of hydrazone groups is 1. The Labute approximate surface area is 133 Å². The van der Waals surface area contributed by atoms with Gasteiger partial charge in [0.25, 0.3) is 0 Å². The van der Waals surface area contributed by atoms with E-state index < -0.39 is 0 Å². The van der Waals surface area contributed by atoms with Gasteiger partial charge in [0.15, 0.2) is 0 Å². The van der Waals surface area contributed by atoms with Gasteiger partial charge in [0.1, 0.15) is 5.82 Å². The molecule has 5 heteroatoms. The van der Waals surface area contributed by atoms with Crippen LogP contribution < -0.4 is 0 Å². The van der Waals surface area contributed by atoms with Crippen LogP contribution in [0.3, 0.4) is 0 Å². The summed E-state index contributed by atoms with van der Waals surface area (Å²) >= 11 is 5.91. The Bertz CT molecular complexity index is 725. The number of carbonyl (C=O) groups excluding carboxylic acids is 1. The van der Waals surface area contributed by atoms with Gasteiger partial charge in [-0.2, -0.15) is 5.10 Å². The Balaban J connectivity index is 1.92. The smallest absolute Gasteiger partial charge is 0.240 e. The minimum atomic E-state index is -0.292. The minimum absolute atomic E-state index is 0.128. The maximum Gasteiger partial charge on any atom is 0.240 e. The van der Waals surface area contributed by atoms with Crippen LogP contribution in [0.15, 0.2) is 53.6 Å². The van der Waals surface area contributed by atoms with Crippen molar-refractivity contribution in [2.75, 3.05) is 0 Å². The van der Waals surface area contributed by atoms with Crippen LogP contribution in [0.2, 0.25) is 5.02 Å². The summed E-state index contributed by atoms with van der Waals surface area (Å²) in [6.07, 6.45) is 0.590. The topological polar surface area (TPSA) is 32.7 Å². The number of hydrogen-bond donors (Lipinski definition) is 0. The summed E-state index contributed by atoms with van der Waals surface area (Å²) in [5.41, 5.74) is 2.57. The first kappa shape index (κ1) is 14.7. The highest BCUT2D eigenvalue weighted by Crippen LogP contribution is 2.33. The summed E-state index contributed by atoms with van der Waals surface area (Å²) in [4.78, 5) is 11.9. The molecule has 112 valence electrons. The fourth-order valence-corrected chi connectivity index (χ4v) is 2.69. The molecule has 0 fully saturated rings. The molecule has 1 aliphatic heterocycles. The van der Waals surface area contributed by atoms with Gasteiger partial charge in [0.2, 0.25) is 5.91 Å². The lowest BCUT2D eigenvalue weighted by Crippen LogP contribution is -2.24. The Morgan fingerprint density at radius 2 is 1.82 bits per heavy atom. The van der Waals surface area contributed by atoms with E-state index in [4.69, 9.17) is 11.6 Å². The highest BCUT2D eigenvalue weighted by Gasteiger charge is 2.31. The first-order valence-electron chi connectivity index (χ1n) is 6.93. The van der Waals surface area contributed by atoms with E-state index in [1.807, 2.05) is 12.1 Å². The molecule has 0 aliphatic carbocycles. The van der Waals surface area contributed by atoms with Crippen LogP contribution in [0.1, 0.15) is 30.5 Å². The summed E-state index contributed by atoms with van der Waals surface area (Å²) < 4.78 is 13.0. The van der Waals surface area contributed by atoms with Gasteiger partial charge in [-0.3, -0.25) is 4.79 Å². The molecule has 2 aromatic rings. The number of nitrogens with zero attached hydrogens (tertiary/aromatic N) is 2. The van der Waals surface area contributed by atoms with Crippen molar-refractivity contribution in [2.24, 2.45) is 5.10 Å². The van der Waals surface area contributed by atoms with E-state index in [9.17, 15) is 9.18 Å². The van der Waals surface area contributed by atoms with Crippen LogP contribution >= 0.6 is 11.6 Å². The Morgan fingerprint density at radius 1 is 1.18 bits per heavy atom. The molecule has 1 atom stereocenters. The van der Waals surface area contributed by atoms with Crippen molar-refractivity contribution < 1.29 is 9.18 Å². The van der Waals surface area contributed by atoms with Gasteiger partial charge in [-0.1, -0.05) is 35.9 Å². The third kappa shape index (κ3) is 2.88. The van der Waals surface area contributed by atoms with Crippen molar-refractivity contribution in [3.05, 3.63) is 70.5 Å². The molecule has 0 N–H and O–H groups in total. The zero-order valence-corrected chi connectivity index (χ0v) is 12.7. The van der Waals surface area contributed by atoms with Crippen molar-refractivity contribution in [3.63, 3.8) is 0 Å². The second-order valence-corrected chi connectivity index (χ2v) is 5.63. The molecule has 2 aromatic carbocycles. The van der Waals surface area contributed by atoms with Crippen LogP contribution in [-0.2, 0) is 4.79 Å². The predicted molar refractivity (Wildman–Crippen MR) is 84.3 cm³/mol. The summed E-state index contributed by atoms with van der Waals surface area (Å²) in [6, 6.07) is 13.4. The van der Waals surface area contributed by atoms with Gasteiger partial charge < -0.3 is 0 Å². The summed E-state index contributed by atoms with van der Waals surface area (Å²) in [5, 5.41) is 6.54. The van der Waals surface area contributed by atoms with E-state index in [1.54, 1.807) is 24.3 Å². The van der Waals surface area contributed by atoms with E-state index in [2.05, 4.69) is 5.10 Å². The van der Waals surface area contributed by atoms with E-state index in [-0.39, 0.29) is 17.8 Å². The molecule has 3 rings (SSSR count). The third-order valence-corrected chi connectivity index (χ3v) is 3.92. The number of hydrogen-bond acceptors (Lipinski definition) is 2. The lowest BCUT2D eigenvalue weighted by molar-refractivity contribution is -0.130. The Kier molecular flexibility index (Phi) is 3.94. The van der Waals surface area contributed by atoms with Gasteiger partial charge in [0.05, 0.1) is 11.8 Å². The molecule has 22 heavy (non-hydrogen) atoms. The number of rotatable bonds is 2. The monoisotopic (exact) mass is 316 g/mol. The van der Waals surface area contributed by atoms with E-state index in [1.165, 1.54) is 24.1 Å². The molecule has 0 aromatic heterocycles. The molecule has 0 bridgehead atoms. The molecule has 1 heterocycles. The average molecular weight is 317 g/mol. The standard InChI is InChI=1S/C17H14ClFN2O/c1-11(22)21-17(13-2-6-14(18)7-3-13)10-16(20-21)12-4-8-15(19)9-5-12/h2-9,17H,10H2,1H3/t17-/m1/s1. The molecule has 0 radical (unpaired) electrons. The average Bonchev–Trinajstić information content (AvgIpc) is 2.94. The molecule has 0 saturated carbocycles. The minimum Gasteiger partial charge on any atom is -0.273 e. The Hall–Kier alpha value is -2.20. The summed E-state index contributed by atoms with van der Waals surface area (Å²) in [5.74, 6) is -0.419. The highest BCUT2D eigenvalue weighted by molar-refractivity contribution is 6.30. The largest absolute Gasteiger partial charge is 0.273 e. The SMILES string of the molecule is CC(=O)N1N=C(c2ccc(F)cc2)C[C@@H]1c1ccc(Cl)cc1. The third-order valence-electron chi connectivity index (χ3n) is 3.67. The fourth-order valence-electron chi connectivity index (χ4n) is 2.56. The molecule has 1 amide bonds. The van der Waals surface area contributed by atoms with Gasteiger partial charge in [-0.25, -0.2) is 9.40 Å². The molecule has 0 unspecified atom stereocenters. The number of carbonyl (C=O) groups is 1. The van der Waals surface area contributed by atoms with E-state index in [0.29, 0.717) is 11.4 Å². The van der Waals surface area contributed by atoms with Crippen molar-refractivity contribution in [1.29, 1.82) is 0 Å². The van der Waals surface area contributed by atoms with Crippen LogP contribution in [-0.4, -0.2) is 16.6 Å². The molecule has 0 saturated heterocycles. The highest BCUT2D eigenvalue weighted by atomic mass is 35.5. The lowest BCUT2D eigenvalue weighted by Gasteiger charge is -2.20. The molecule has 0 spiro atoms. The Morgan fingerprint density at radius 3 is 2.41 bits per heavy atom. The quantitative estimate of drug-likeness (QED) is 0.818. The zero-order valence-electron chi connectivity index (χ0n) is 12.0. The normalized spacial score (nSPS) is 17.5. The van der Waals surface area contributed by atoms with E-state index >= 15 is 0 Å². The van der Waals surface area contributed by atoms with Crippen LogP contribution in [0.4, 0.5) is 4.39 Å². The van der Waals surface area contributed by atoms with Crippen LogP contribution in [0, 0.1) is 5.82 Å². The second kappa shape index (κ2) is 5.89. The van der Waals surface area contributed by atoms with Gasteiger partial charge in [-0.05, 0) is 35.4 Å². The van der Waals surface area contributed by atoms with Crippen molar-refractivity contribution in [2.45, 2.75) is 19.4 Å². The predicted octanol–water partition coefficient (Wildman–Crippen LogP) is 4.18. The van der Waals surface area contributed by atoms with E-state index in [0.717, 1.165) is 16.8 Å². The molecule has 3 nitrogen and oxygen atoms in total. The first-order chi connectivity index (χ1) is 10.5. The summed E-state index contributed by atoms with van der Waals surface area (Å²) in [7, 11) is 0. The van der Waals surface area contributed by atoms with Gasteiger partial charge >= 0.3 is 0 Å². The molecular weight excluding hydrogens is 303 g/mol. The zero-order chi connectivity index (χ0) is 15.7. The second-order valence-electron chi connectivity index (χ2n) is 5.19. The lowest BCUT2D eigenvalue weighted by atomic mass is 9.98. The maximum absolute atomic E-state index is 13.0. The molecular formula is C17H14ClFN2O. The van der Waals surface area contributed by atoms with Crippen molar-refractivity contribution >= 4 is 23.2 Å². The van der Waals surface area contributed by atoms with Crippen molar-refractivity contribution in [3.8, 4) is 0 Å². The number of amides is 1. The maximum atomic E-state index is 13.0. The van der Waals surface area contributed by atoms with Crippen LogP contribution in [0.25, 0.3) is 0 Å². The molecule has 1 aliphatic rings. The number of halogens is 2. The van der Waals surface area contributed by atoms with Crippen LogP contribution in [0.5, 0.6) is 0 Å². The summed E-state index contributed by atoms with van der Waals surface area (Å²) in [6.45, 7) is 1.49. The van der Waals surface area contributed by atoms with Crippen molar-refractivity contribution in [1.82, 2.24) is 5.01 Å².